The minimum atomic E-state index is 0.335. The molecular weight excluding hydrogens is 198 g/mol. The van der Waals surface area contributed by atoms with Gasteiger partial charge in [-0.15, -0.1) is 0 Å². The Hall–Kier alpha value is -1.18. The standard InChI is InChI=1S/C14H21NO/c1-10-6-7-14(11(2)8-10)15-12-4-3-5-13(16)9-12/h3-5,9-11,14-16H,6-8H2,1-2H3. The lowest BCUT2D eigenvalue weighted by Crippen LogP contribution is -2.32. The molecule has 2 heteroatoms. The van der Waals surface area contributed by atoms with Crippen LogP contribution in [0, 0.1) is 11.8 Å². The molecule has 2 rings (SSSR count). The second-order valence-corrected chi connectivity index (χ2v) is 5.20. The van der Waals surface area contributed by atoms with Gasteiger partial charge in [-0.25, -0.2) is 0 Å². The molecule has 2 nitrogen and oxygen atoms in total. The quantitative estimate of drug-likeness (QED) is 0.796. The highest BCUT2D eigenvalue weighted by Crippen LogP contribution is 2.31. The molecule has 0 aliphatic heterocycles. The zero-order valence-corrected chi connectivity index (χ0v) is 10.1. The minimum Gasteiger partial charge on any atom is -0.508 e. The van der Waals surface area contributed by atoms with Gasteiger partial charge in [0.2, 0.25) is 0 Å². The van der Waals surface area contributed by atoms with Crippen LogP contribution in [0.3, 0.4) is 0 Å². The van der Waals surface area contributed by atoms with Crippen molar-refractivity contribution >= 4 is 5.69 Å². The summed E-state index contributed by atoms with van der Waals surface area (Å²) in [5, 5.41) is 12.9. The number of aromatic hydroxyl groups is 1. The molecule has 88 valence electrons. The number of anilines is 1. The Balaban J connectivity index is 1.99. The molecular formula is C14H21NO. The summed E-state index contributed by atoms with van der Waals surface area (Å²) in [6, 6.07) is 7.96. The van der Waals surface area contributed by atoms with Crippen molar-refractivity contribution in [2.45, 2.75) is 39.2 Å². The van der Waals surface area contributed by atoms with Crippen LogP contribution in [0.5, 0.6) is 5.75 Å². The largest absolute Gasteiger partial charge is 0.508 e. The van der Waals surface area contributed by atoms with Crippen molar-refractivity contribution < 1.29 is 5.11 Å². The van der Waals surface area contributed by atoms with Crippen LogP contribution in [0.4, 0.5) is 5.69 Å². The van der Waals surface area contributed by atoms with Crippen LogP contribution in [0.15, 0.2) is 24.3 Å². The molecule has 0 aromatic heterocycles. The topological polar surface area (TPSA) is 32.3 Å². The van der Waals surface area contributed by atoms with E-state index in [1.165, 1.54) is 19.3 Å². The Morgan fingerprint density at radius 3 is 2.75 bits per heavy atom. The lowest BCUT2D eigenvalue weighted by molar-refractivity contribution is 0.276. The van der Waals surface area contributed by atoms with Crippen LogP contribution < -0.4 is 5.32 Å². The van der Waals surface area contributed by atoms with Gasteiger partial charge in [-0.1, -0.05) is 19.9 Å². The summed E-state index contributed by atoms with van der Waals surface area (Å²) < 4.78 is 0. The van der Waals surface area contributed by atoms with E-state index in [0.29, 0.717) is 17.7 Å². The number of benzene rings is 1. The molecule has 2 N–H and O–H groups in total. The Morgan fingerprint density at radius 1 is 1.25 bits per heavy atom. The van der Waals surface area contributed by atoms with Crippen molar-refractivity contribution in [3.8, 4) is 5.75 Å². The molecule has 0 bridgehead atoms. The minimum absolute atomic E-state index is 0.335. The molecule has 0 saturated heterocycles. The molecule has 3 atom stereocenters. The fraction of sp³-hybridized carbons (Fsp3) is 0.571. The van der Waals surface area contributed by atoms with Crippen LogP contribution in [0.1, 0.15) is 33.1 Å². The maximum absolute atomic E-state index is 9.41. The average molecular weight is 219 g/mol. The second-order valence-electron chi connectivity index (χ2n) is 5.20. The third-order valence-corrected chi connectivity index (χ3v) is 3.63. The van der Waals surface area contributed by atoms with Crippen LogP contribution >= 0.6 is 0 Å². The highest BCUT2D eigenvalue weighted by molar-refractivity contribution is 5.48. The van der Waals surface area contributed by atoms with E-state index >= 15 is 0 Å². The number of nitrogens with one attached hydrogen (secondary N) is 1. The molecule has 1 fully saturated rings. The fourth-order valence-electron chi connectivity index (χ4n) is 2.69. The first-order chi connectivity index (χ1) is 7.65. The van der Waals surface area contributed by atoms with Gasteiger partial charge in [0.15, 0.2) is 0 Å². The smallest absolute Gasteiger partial charge is 0.117 e. The van der Waals surface area contributed by atoms with Gasteiger partial charge in [-0.2, -0.15) is 0 Å². The molecule has 3 unspecified atom stereocenters. The number of phenols is 1. The molecule has 1 aromatic carbocycles. The third-order valence-electron chi connectivity index (χ3n) is 3.63. The molecule has 1 aliphatic carbocycles. The summed E-state index contributed by atoms with van der Waals surface area (Å²) in [5.41, 5.74) is 1.03. The number of rotatable bonds is 2. The van der Waals surface area contributed by atoms with E-state index in [9.17, 15) is 5.11 Å². The molecule has 1 aliphatic rings. The Morgan fingerprint density at radius 2 is 2.06 bits per heavy atom. The van der Waals surface area contributed by atoms with Crippen LogP contribution in [0.2, 0.25) is 0 Å². The highest BCUT2D eigenvalue weighted by atomic mass is 16.3. The van der Waals surface area contributed by atoms with Crippen LogP contribution in [-0.4, -0.2) is 11.1 Å². The van der Waals surface area contributed by atoms with Gasteiger partial charge in [0.25, 0.3) is 0 Å². The van der Waals surface area contributed by atoms with Gasteiger partial charge in [-0.3, -0.25) is 0 Å². The van der Waals surface area contributed by atoms with E-state index in [4.69, 9.17) is 0 Å². The maximum atomic E-state index is 9.41. The summed E-state index contributed by atoms with van der Waals surface area (Å²) >= 11 is 0. The molecule has 16 heavy (non-hydrogen) atoms. The van der Waals surface area contributed by atoms with E-state index in [-0.39, 0.29) is 0 Å². The van der Waals surface area contributed by atoms with Crippen molar-refractivity contribution in [2.24, 2.45) is 11.8 Å². The summed E-state index contributed by atoms with van der Waals surface area (Å²) in [4.78, 5) is 0. The fourth-order valence-corrected chi connectivity index (χ4v) is 2.69. The lowest BCUT2D eigenvalue weighted by atomic mass is 9.80. The van der Waals surface area contributed by atoms with E-state index in [1.54, 1.807) is 12.1 Å². The maximum Gasteiger partial charge on any atom is 0.117 e. The molecule has 0 heterocycles. The van der Waals surface area contributed by atoms with Crippen LogP contribution in [-0.2, 0) is 0 Å². The lowest BCUT2D eigenvalue weighted by Gasteiger charge is -2.33. The molecule has 0 spiro atoms. The summed E-state index contributed by atoms with van der Waals surface area (Å²) in [7, 11) is 0. The van der Waals surface area contributed by atoms with Gasteiger partial charge in [0, 0.05) is 17.8 Å². The summed E-state index contributed by atoms with van der Waals surface area (Å²) in [6.45, 7) is 4.65. The number of hydrogen-bond acceptors (Lipinski definition) is 2. The molecule has 0 amide bonds. The average Bonchev–Trinajstić information content (AvgIpc) is 2.22. The number of hydrogen-bond donors (Lipinski definition) is 2. The molecule has 1 aromatic rings. The zero-order chi connectivity index (χ0) is 11.5. The van der Waals surface area contributed by atoms with Crippen molar-refractivity contribution in [1.82, 2.24) is 0 Å². The summed E-state index contributed by atoms with van der Waals surface area (Å²) in [5.74, 6) is 1.91. The predicted octanol–water partition coefficient (Wildman–Crippen LogP) is 3.63. The summed E-state index contributed by atoms with van der Waals surface area (Å²) in [6.07, 6.45) is 3.84. The Kier molecular flexibility index (Phi) is 3.37. The highest BCUT2D eigenvalue weighted by Gasteiger charge is 2.24. The van der Waals surface area contributed by atoms with Gasteiger partial charge in [-0.05, 0) is 43.2 Å². The first-order valence-electron chi connectivity index (χ1n) is 6.20. The third kappa shape index (κ3) is 2.69. The first-order valence-corrected chi connectivity index (χ1v) is 6.20. The van der Waals surface area contributed by atoms with Gasteiger partial charge in [0.05, 0.1) is 0 Å². The van der Waals surface area contributed by atoms with Crippen LogP contribution in [0.25, 0.3) is 0 Å². The van der Waals surface area contributed by atoms with E-state index in [1.807, 2.05) is 12.1 Å². The van der Waals surface area contributed by atoms with E-state index < -0.39 is 0 Å². The van der Waals surface area contributed by atoms with Crippen molar-refractivity contribution in [1.29, 1.82) is 0 Å². The van der Waals surface area contributed by atoms with Crippen molar-refractivity contribution in [3.63, 3.8) is 0 Å². The zero-order valence-electron chi connectivity index (χ0n) is 10.1. The molecule has 1 saturated carbocycles. The normalized spacial score (nSPS) is 30.0. The first kappa shape index (κ1) is 11.3. The van der Waals surface area contributed by atoms with Crippen molar-refractivity contribution in [2.75, 3.05) is 5.32 Å². The SMILES string of the molecule is CC1CCC(Nc2cccc(O)c2)C(C)C1. The number of phenolic OH excluding ortho intramolecular Hbond substituents is 1. The Labute approximate surface area is 97.7 Å². The monoisotopic (exact) mass is 219 g/mol. The Bertz CT molecular complexity index is 350. The van der Waals surface area contributed by atoms with E-state index in [2.05, 4.69) is 19.2 Å². The van der Waals surface area contributed by atoms with E-state index in [0.717, 1.165) is 11.6 Å². The predicted molar refractivity (Wildman–Crippen MR) is 67.7 cm³/mol. The van der Waals surface area contributed by atoms with Gasteiger partial charge >= 0.3 is 0 Å². The van der Waals surface area contributed by atoms with Gasteiger partial charge in [0.1, 0.15) is 5.75 Å². The second kappa shape index (κ2) is 4.77. The van der Waals surface area contributed by atoms with Crippen molar-refractivity contribution in [3.05, 3.63) is 24.3 Å². The molecule has 0 radical (unpaired) electrons. The van der Waals surface area contributed by atoms with Gasteiger partial charge < -0.3 is 10.4 Å².